The van der Waals surface area contributed by atoms with Crippen LogP contribution >= 0.6 is 22.9 Å². The van der Waals surface area contributed by atoms with E-state index in [0.29, 0.717) is 0 Å². The Morgan fingerprint density at radius 3 is 2.61 bits per heavy atom. The molecule has 1 saturated heterocycles. The molecule has 154 valence electrons. The van der Waals surface area contributed by atoms with Crippen LogP contribution in [0, 0.1) is 5.92 Å². The minimum absolute atomic E-state index is 0.737. The van der Waals surface area contributed by atoms with E-state index in [1.54, 1.807) is 25.6 Å². The zero-order valence-electron chi connectivity index (χ0n) is 16.9. The Bertz CT molecular complexity index is 716. The Morgan fingerprint density at radius 2 is 1.93 bits per heavy atom. The van der Waals surface area contributed by atoms with Gasteiger partial charge in [0.2, 0.25) is 0 Å². The number of para-hydroxylation sites is 1. The summed E-state index contributed by atoms with van der Waals surface area (Å²) in [5.41, 5.74) is 1.28. The summed E-state index contributed by atoms with van der Waals surface area (Å²) in [6.07, 6.45) is 2.48. The first-order chi connectivity index (χ1) is 13.7. The van der Waals surface area contributed by atoms with Crippen LogP contribution < -0.4 is 4.74 Å². The zero-order chi connectivity index (χ0) is 19.8. The second-order valence-corrected chi connectivity index (χ2v) is 9.26. The number of nitrogens with zero attached hydrogens (tertiary/aromatic N) is 2. The number of thiophene rings is 1. The van der Waals surface area contributed by atoms with Gasteiger partial charge in [0, 0.05) is 43.7 Å². The first-order valence-electron chi connectivity index (χ1n) is 9.97. The number of methoxy groups -OCH3 is 2. The van der Waals surface area contributed by atoms with Crippen molar-refractivity contribution in [3.8, 4) is 5.75 Å². The van der Waals surface area contributed by atoms with E-state index in [1.165, 1.54) is 23.3 Å². The third-order valence-electron chi connectivity index (χ3n) is 5.43. The average Bonchev–Trinajstić information content (AvgIpc) is 3.12. The fraction of sp³-hybridized carbons (Fsp3) is 0.545. The van der Waals surface area contributed by atoms with E-state index in [0.717, 1.165) is 61.9 Å². The molecule has 0 aliphatic carbocycles. The van der Waals surface area contributed by atoms with Gasteiger partial charge in [0.15, 0.2) is 0 Å². The lowest BCUT2D eigenvalue weighted by Gasteiger charge is -2.35. The molecule has 1 aromatic carbocycles. The van der Waals surface area contributed by atoms with Crippen LogP contribution in [0.3, 0.4) is 0 Å². The Kier molecular flexibility index (Phi) is 8.62. The molecule has 2 aromatic rings. The predicted molar refractivity (Wildman–Crippen MR) is 117 cm³/mol. The van der Waals surface area contributed by atoms with Crippen molar-refractivity contribution in [2.75, 3.05) is 47.0 Å². The molecule has 0 bridgehead atoms. The van der Waals surface area contributed by atoms with E-state index in [-0.39, 0.29) is 0 Å². The molecule has 1 aliphatic heterocycles. The lowest BCUT2D eigenvalue weighted by atomic mass is 9.95. The van der Waals surface area contributed by atoms with Crippen LogP contribution in [-0.4, -0.2) is 56.8 Å². The lowest BCUT2D eigenvalue weighted by Crippen LogP contribution is -2.39. The largest absolute Gasteiger partial charge is 0.496 e. The summed E-state index contributed by atoms with van der Waals surface area (Å²) < 4.78 is 11.7. The second-order valence-electron chi connectivity index (χ2n) is 7.47. The molecular weight excluding hydrogens is 392 g/mol. The number of rotatable bonds is 10. The maximum absolute atomic E-state index is 6.11. The van der Waals surface area contributed by atoms with E-state index in [1.807, 2.05) is 18.2 Å². The Labute approximate surface area is 178 Å². The summed E-state index contributed by atoms with van der Waals surface area (Å²) in [6, 6.07) is 12.5. The summed E-state index contributed by atoms with van der Waals surface area (Å²) in [4.78, 5) is 6.40. The summed E-state index contributed by atoms with van der Waals surface area (Å²) >= 11 is 7.78. The molecule has 0 radical (unpaired) electrons. The molecule has 0 N–H and O–H groups in total. The molecule has 28 heavy (non-hydrogen) atoms. The first kappa shape index (κ1) is 21.6. The average molecular weight is 423 g/mol. The van der Waals surface area contributed by atoms with Crippen LogP contribution in [0.15, 0.2) is 36.4 Å². The van der Waals surface area contributed by atoms with E-state index < -0.39 is 0 Å². The molecule has 1 aliphatic rings. The molecule has 4 nitrogen and oxygen atoms in total. The molecule has 0 amide bonds. The standard InChI is InChI=1S/C22H31ClN2O2S/c1-26-14-13-25(17-20-7-8-22(23)28-20)15-18-9-11-24(12-10-18)16-19-5-3-4-6-21(19)27-2/h3-8,18H,9-17H2,1-2H3. The Hall–Kier alpha value is -1.11. The summed E-state index contributed by atoms with van der Waals surface area (Å²) in [5.74, 6) is 1.73. The number of piperidine rings is 1. The van der Waals surface area contributed by atoms with Gasteiger partial charge in [-0.1, -0.05) is 29.8 Å². The van der Waals surface area contributed by atoms with Crippen LogP contribution in [-0.2, 0) is 17.8 Å². The van der Waals surface area contributed by atoms with Crippen LogP contribution in [0.5, 0.6) is 5.75 Å². The van der Waals surface area contributed by atoms with Gasteiger partial charge in [0.05, 0.1) is 18.1 Å². The highest BCUT2D eigenvalue weighted by molar-refractivity contribution is 7.16. The van der Waals surface area contributed by atoms with Crippen LogP contribution in [0.4, 0.5) is 0 Å². The monoisotopic (exact) mass is 422 g/mol. The maximum Gasteiger partial charge on any atom is 0.123 e. The number of benzene rings is 1. The van der Waals surface area contributed by atoms with Crippen LogP contribution in [0.1, 0.15) is 23.3 Å². The van der Waals surface area contributed by atoms with E-state index in [2.05, 4.69) is 28.0 Å². The molecule has 0 saturated carbocycles. The van der Waals surface area contributed by atoms with E-state index in [4.69, 9.17) is 21.1 Å². The van der Waals surface area contributed by atoms with Gasteiger partial charge in [-0.2, -0.15) is 0 Å². The van der Waals surface area contributed by atoms with Crippen molar-refractivity contribution < 1.29 is 9.47 Å². The highest BCUT2D eigenvalue weighted by atomic mass is 35.5. The minimum Gasteiger partial charge on any atom is -0.496 e. The predicted octanol–water partition coefficient (Wildman–Crippen LogP) is 4.77. The molecule has 0 unspecified atom stereocenters. The molecule has 1 aromatic heterocycles. The number of halogens is 1. The molecule has 6 heteroatoms. The van der Waals surface area contributed by atoms with E-state index >= 15 is 0 Å². The van der Waals surface area contributed by atoms with Gasteiger partial charge < -0.3 is 9.47 Å². The number of hydrogen-bond acceptors (Lipinski definition) is 5. The van der Waals surface area contributed by atoms with Gasteiger partial charge in [-0.25, -0.2) is 0 Å². The zero-order valence-corrected chi connectivity index (χ0v) is 18.5. The fourth-order valence-electron chi connectivity index (χ4n) is 3.88. The van der Waals surface area contributed by atoms with Crippen molar-refractivity contribution in [2.45, 2.75) is 25.9 Å². The SMILES string of the molecule is COCCN(Cc1ccc(Cl)s1)CC1CCN(Cc2ccccc2OC)CC1. The van der Waals surface area contributed by atoms with Crippen LogP contribution in [0.25, 0.3) is 0 Å². The van der Waals surface area contributed by atoms with E-state index in [9.17, 15) is 0 Å². The number of ether oxygens (including phenoxy) is 2. The van der Waals surface area contributed by atoms with Gasteiger partial charge in [0.25, 0.3) is 0 Å². The van der Waals surface area contributed by atoms with Gasteiger partial charge in [-0.15, -0.1) is 11.3 Å². The minimum atomic E-state index is 0.737. The van der Waals surface area contributed by atoms with Gasteiger partial charge in [-0.3, -0.25) is 9.80 Å². The van der Waals surface area contributed by atoms with Gasteiger partial charge in [-0.05, 0) is 50.0 Å². The molecule has 2 heterocycles. The smallest absolute Gasteiger partial charge is 0.123 e. The Morgan fingerprint density at radius 1 is 1.14 bits per heavy atom. The van der Waals surface area contributed by atoms with Crippen molar-refractivity contribution in [1.82, 2.24) is 9.80 Å². The molecular formula is C22H31ClN2O2S. The molecule has 1 fully saturated rings. The lowest BCUT2D eigenvalue weighted by molar-refractivity contribution is 0.107. The number of hydrogen-bond donors (Lipinski definition) is 0. The van der Waals surface area contributed by atoms with Crippen molar-refractivity contribution in [3.05, 3.63) is 51.2 Å². The van der Waals surface area contributed by atoms with Crippen molar-refractivity contribution in [2.24, 2.45) is 5.92 Å². The third-order valence-corrected chi connectivity index (χ3v) is 6.65. The van der Waals surface area contributed by atoms with Gasteiger partial charge >= 0.3 is 0 Å². The topological polar surface area (TPSA) is 24.9 Å². The summed E-state index contributed by atoms with van der Waals surface area (Å²) in [6.45, 7) is 7.08. The van der Waals surface area contributed by atoms with Crippen molar-refractivity contribution in [3.63, 3.8) is 0 Å². The van der Waals surface area contributed by atoms with Crippen molar-refractivity contribution >= 4 is 22.9 Å². The first-order valence-corrected chi connectivity index (χ1v) is 11.2. The highest BCUT2D eigenvalue weighted by Gasteiger charge is 2.22. The Balaban J connectivity index is 1.49. The summed E-state index contributed by atoms with van der Waals surface area (Å²) in [7, 11) is 3.52. The van der Waals surface area contributed by atoms with Crippen molar-refractivity contribution in [1.29, 1.82) is 0 Å². The maximum atomic E-state index is 6.11. The molecule has 0 atom stereocenters. The van der Waals surface area contributed by atoms with Gasteiger partial charge in [0.1, 0.15) is 5.75 Å². The number of likely N-dealkylation sites (tertiary alicyclic amines) is 1. The molecule has 3 rings (SSSR count). The molecule has 0 spiro atoms. The highest BCUT2D eigenvalue weighted by Crippen LogP contribution is 2.26. The quantitative estimate of drug-likeness (QED) is 0.550. The third kappa shape index (κ3) is 6.46. The second kappa shape index (κ2) is 11.2. The fourth-order valence-corrected chi connectivity index (χ4v) is 5.01. The van der Waals surface area contributed by atoms with Crippen LogP contribution in [0.2, 0.25) is 4.34 Å². The summed E-state index contributed by atoms with van der Waals surface area (Å²) in [5, 5.41) is 0. The normalized spacial score (nSPS) is 16.0.